The molecule has 2 aliphatic heterocycles. The first-order valence-electron chi connectivity index (χ1n) is 12.0. The lowest BCUT2D eigenvalue weighted by atomic mass is 9.80. The predicted octanol–water partition coefficient (Wildman–Crippen LogP) is 6.96. The predicted molar refractivity (Wildman–Crippen MR) is 134 cm³/mol. The molecule has 168 valence electrons. The lowest BCUT2D eigenvalue weighted by Gasteiger charge is -2.38. The Morgan fingerprint density at radius 2 is 1.13 bits per heavy atom. The molecular formula is C29H42N2. The Balaban J connectivity index is 1.54. The topological polar surface area (TPSA) is 15.3 Å². The molecule has 2 unspecified atom stereocenters. The van der Waals surface area contributed by atoms with E-state index in [0.717, 1.165) is 0 Å². The first-order valence-corrected chi connectivity index (χ1v) is 12.0. The van der Waals surface area contributed by atoms with Crippen LogP contribution in [0.15, 0.2) is 48.5 Å². The van der Waals surface area contributed by atoms with Gasteiger partial charge in [0.1, 0.15) is 0 Å². The van der Waals surface area contributed by atoms with E-state index in [0.29, 0.717) is 11.8 Å². The van der Waals surface area contributed by atoms with Gasteiger partial charge in [-0.3, -0.25) is 4.90 Å². The zero-order valence-corrected chi connectivity index (χ0v) is 21.1. The molecule has 0 spiro atoms. The second-order valence-electron chi connectivity index (χ2n) is 12.5. The van der Waals surface area contributed by atoms with Gasteiger partial charge >= 0.3 is 0 Å². The molecule has 2 aliphatic rings. The van der Waals surface area contributed by atoms with Gasteiger partial charge in [-0.05, 0) is 97.5 Å². The third-order valence-electron chi connectivity index (χ3n) is 8.53. The fraction of sp³-hybridized carbons (Fsp3) is 0.586. The van der Waals surface area contributed by atoms with Crippen LogP contribution < -0.4 is 5.32 Å². The SMILES string of the molecule is CN1C(C)(C)CC(c2ccc(-c3ccc(C4CC(C)(C)NC4(C)C)cc3)cc2)C1(C)C. The Bertz CT molecular complexity index is 932. The van der Waals surface area contributed by atoms with Crippen molar-refractivity contribution >= 4 is 0 Å². The van der Waals surface area contributed by atoms with E-state index in [1.807, 2.05) is 0 Å². The molecule has 4 rings (SSSR count). The number of rotatable bonds is 3. The van der Waals surface area contributed by atoms with Crippen LogP contribution in [0, 0.1) is 0 Å². The minimum atomic E-state index is 0.127. The van der Waals surface area contributed by atoms with E-state index < -0.39 is 0 Å². The van der Waals surface area contributed by atoms with Crippen LogP contribution in [0.1, 0.15) is 91.2 Å². The van der Waals surface area contributed by atoms with Crippen molar-refractivity contribution in [1.29, 1.82) is 0 Å². The van der Waals surface area contributed by atoms with E-state index in [1.165, 1.54) is 35.1 Å². The summed E-state index contributed by atoms with van der Waals surface area (Å²) in [7, 11) is 2.28. The quantitative estimate of drug-likeness (QED) is 0.579. The van der Waals surface area contributed by atoms with Crippen LogP contribution in [0.4, 0.5) is 0 Å². The number of benzene rings is 2. The number of nitrogens with zero attached hydrogens (tertiary/aromatic N) is 1. The van der Waals surface area contributed by atoms with Crippen LogP contribution in [0.3, 0.4) is 0 Å². The minimum absolute atomic E-state index is 0.127. The molecule has 0 amide bonds. The minimum Gasteiger partial charge on any atom is -0.306 e. The molecule has 0 aromatic heterocycles. The van der Waals surface area contributed by atoms with Gasteiger partial charge in [0, 0.05) is 34.0 Å². The van der Waals surface area contributed by atoms with Gasteiger partial charge in [0.15, 0.2) is 0 Å². The molecule has 2 saturated heterocycles. The average molecular weight is 419 g/mol. The van der Waals surface area contributed by atoms with E-state index in [9.17, 15) is 0 Å². The van der Waals surface area contributed by atoms with Gasteiger partial charge in [-0.25, -0.2) is 0 Å². The maximum atomic E-state index is 3.81. The van der Waals surface area contributed by atoms with Gasteiger partial charge in [0.25, 0.3) is 0 Å². The Kier molecular flexibility index (Phi) is 5.23. The fourth-order valence-corrected chi connectivity index (χ4v) is 6.55. The zero-order valence-electron chi connectivity index (χ0n) is 21.1. The molecule has 2 nitrogen and oxygen atoms in total. The molecule has 2 heteroatoms. The van der Waals surface area contributed by atoms with Crippen LogP contribution in [0.5, 0.6) is 0 Å². The highest BCUT2D eigenvalue weighted by molar-refractivity contribution is 5.64. The van der Waals surface area contributed by atoms with E-state index in [2.05, 4.69) is 121 Å². The largest absolute Gasteiger partial charge is 0.306 e. The van der Waals surface area contributed by atoms with E-state index in [1.54, 1.807) is 0 Å². The zero-order chi connectivity index (χ0) is 22.8. The summed E-state index contributed by atoms with van der Waals surface area (Å²) in [4.78, 5) is 2.55. The number of likely N-dealkylation sites (N-methyl/N-ethyl adjacent to an activating group) is 1. The van der Waals surface area contributed by atoms with Crippen LogP contribution in [-0.2, 0) is 0 Å². The summed E-state index contributed by atoms with van der Waals surface area (Å²) in [6.45, 7) is 18.8. The van der Waals surface area contributed by atoms with E-state index in [4.69, 9.17) is 0 Å². The Morgan fingerprint density at radius 1 is 0.677 bits per heavy atom. The molecular weight excluding hydrogens is 376 g/mol. The van der Waals surface area contributed by atoms with E-state index in [-0.39, 0.29) is 22.2 Å². The summed E-state index contributed by atoms with van der Waals surface area (Å²) in [6, 6.07) is 18.7. The smallest absolute Gasteiger partial charge is 0.0224 e. The number of hydrogen-bond acceptors (Lipinski definition) is 2. The Hall–Kier alpha value is -1.64. The molecule has 0 saturated carbocycles. The summed E-state index contributed by atoms with van der Waals surface area (Å²) < 4.78 is 0. The van der Waals surface area contributed by atoms with Crippen molar-refractivity contribution in [3.05, 3.63) is 59.7 Å². The van der Waals surface area contributed by atoms with Gasteiger partial charge in [0.05, 0.1) is 0 Å². The van der Waals surface area contributed by atoms with Crippen molar-refractivity contribution in [2.45, 2.75) is 102 Å². The van der Waals surface area contributed by atoms with Crippen LogP contribution in [0.25, 0.3) is 11.1 Å². The van der Waals surface area contributed by atoms with Gasteiger partial charge in [-0.15, -0.1) is 0 Å². The van der Waals surface area contributed by atoms with Gasteiger partial charge in [0.2, 0.25) is 0 Å². The van der Waals surface area contributed by atoms with Crippen molar-refractivity contribution < 1.29 is 0 Å². The standard InChI is InChI=1S/C29H42N2/c1-26(2)18-24(28(5,6)30-26)22-14-10-20(11-15-22)21-12-16-23(17-13-21)25-19-27(3,4)31(9)29(25,7)8/h10-17,24-25,30H,18-19H2,1-9H3. The maximum absolute atomic E-state index is 3.81. The molecule has 2 aromatic carbocycles. The van der Waals surface area contributed by atoms with Crippen molar-refractivity contribution in [2.75, 3.05) is 7.05 Å². The Labute approximate surface area is 190 Å². The monoisotopic (exact) mass is 418 g/mol. The molecule has 0 aliphatic carbocycles. The molecule has 0 bridgehead atoms. The molecule has 31 heavy (non-hydrogen) atoms. The highest BCUT2D eigenvalue weighted by Gasteiger charge is 2.49. The summed E-state index contributed by atoms with van der Waals surface area (Å²) in [5, 5.41) is 3.81. The first-order chi connectivity index (χ1) is 14.2. The summed E-state index contributed by atoms with van der Waals surface area (Å²) in [5.41, 5.74) is 6.25. The number of nitrogens with one attached hydrogen (secondary N) is 1. The van der Waals surface area contributed by atoms with Gasteiger partial charge in [-0.1, -0.05) is 48.5 Å². The summed E-state index contributed by atoms with van der Waals surface area (Å²) in [5.74, 6) is 1.10. The normalized spacial score (nSPS) is 28.7. The van der Waals surface area contributed by atoms with Crippen molar-refractivity contribution in [1.82, 2.24) is 10.2 Å². The maximum Gasteiger partial charge on any atom is 0.0224 e. The second kappa shape index (κ2) is 7.18. The first kappa shape index (κ1) is 22.6. The number of hydrogen-bond donors (Lipinski definition) is 1. The molecule has 2 aromatic rings. The summed E-state index contributed by atoms with van der Waals surface area (Å²) >= 11 is 0. The highest BCUT2D eigenvalue weighted by atomic mass is 15.3. The lowest BCUT2D eigenvalue weighted by Crippen LogP contribution is -2.46. The molecule has 2 heterocycles. The van der Waals surface area contributed by atoms with Crippen LogP contribution >= 0.6 is 0 Å². The van der Waals surface area contributed by atoms with Gasteiger partial charge < -0.3 is 5.32 Å². The number of likely N-dealkylation sites (tertiary alicyclic amines) is 1. The fourth-order valence-electron chi connectivity index (χ4n) is 6.55. The van der Waals surface area contributed by atoms with Crippen LogP contribution in [-0.4, -0.2) is 34.1 Å². The average Bonchev–Trinajstić information content (AvgIpc) is 3.01. The molecule has 1 N–H and O–H groups in total. The van der Waals surface area contributed by atoms with Crippen molar-refractivity contribution in [3.63, 3.8) is 0 Å². The molecule has 2 atom stereocenters. The van der Waals surface area contributed by atoms with Crippen molar-refractivity contribution in [2.24, 2.45) is 0 Å². The third kappa shape index (κ3) is 3.98. The van der Waals surface area contributed by atoms with Crippen LogP contribution in [0.2, 0.25) is 0 Å². The molecule has 0 radical (unpaired) electrons. The second-order valence-corrected chi connectivity index (χ2v) is 12.5. The van der Waals surface area contributed by atoms with Gasteiger partial charge in [-0.2, -0.15) is 0 Å². The van der Waals surface area contributed by atoms with E-state index >= 15 is 0 Å². The molecule has 2 fully saturated rings. The highest BCUT2D eigenvalue weighted by Crippen LogP contribution is 2.49. The third-order valence-corrected chi connectivity index (χ3v) is 8.53. The lowest BCUT2D eigenvalue weighted by molar-refractivity contribution is 0.110. The van der Waals surface area contributed by atoms with Crippen molar-refractivity contribution in [3.8, 4) is 11.1 Å². The Morgan fingerprint density at radius 3 is 1.48 bits per heavy atom. The summed E-state index contributed by atoms with van der Waals surface area (Å²) in [6.07, 6.45) is 2.38.